The van der Waals surface area contributed by atoms with Gasteiger partial charge in [-0.1, -0.05) is 6.92 Å². The molecule has 0 bridgehead atoms. The molecule has 0 aliphatic heterocycles. The highest BCUT2D eigenvalue weighted by atomic mass is 19.4. The number of carbonyl (C=O) groups is 3. The minimum Gasteiger partial charge on any atom is -0.346 e. The van der Waals surface area contributed by atoms with E-state index in [0.29, 0.717) is 29.5 Å². The van der Waals surface area contributed by atoms with Gasteiger partial charge in [-0.25, -0.2) is 4.39 Å². The zero-order chi connectivity index (χ0) is 30.1. The van der Waals surface area contributed by atoms with E-state index in [1.807, 2.05) is 19.2 Å². The number of halogens is 4. The van der Waals surface area contributed by atoms with Gasteiger partial charge in [0.25, 0.3) is 5.91 Å². The van der Waals surface area contributed by atoms with Crippen molar-refractivity contribution in [2.75, 3.05) is 11.9 Å². The predicted octanol–water partition coefficient (Wildman–Crippen LogP) is 5.12. The van der Waals surface area contributed by atoms with Gasteiger partial charge in [-0.2, -0.15) is 18.3 Å². The summed E-state index contributed by atoms with van der Waals surface area (Å²) in [5.41, 5.74) is 0.960. The Hall–Kier alpha value is -3.44. The first-order valence-corrected chi connectivity index (χ1v) is 14.1. The number of anilines is 1. The van der Waals surface area contributed by atoms with Crippen molar-refractivity contribution in [1.82, 2.24) is 20.4 Å². The van der Waals surface area contributed by atoms with Crippen LogP contribution >= 0.6 is 0 Å². The van der Waals surface area contributed by atoms with Crippen LogP contribution in [0.1, 0.15) is 87.0 Å². The SMILES string of the molecule is CCc1cc(NC(=O)[C@@H](NC(=O)c2ccnn2C(C)C)C(C2CC2)C2CC2)c(F)cc1[C@H](C)C(=O)NCC(F)(F)F. The average Bonchev–Trinajstić information content (AvgIpc) is 3.86. The minimum absolute atomic E-state index is 0.0706. The van der Waals surface area contributed by atoms with E-state index in [1.165, 1.54) is 19.2 Å². The molecule has 8 nitrogen and oxygen atoms in total. The highest BCUT2D eigenvalue weighted by molar-refractivity contribution is 6.01. The summed E-state index contributed by atoms with van der Waals surface area (Å²) in [6.07, 6.45) is 1.15. The molecule has 2 fully saturated rings. The highest BCUT2D eigenvalue weighted by Gasteiger charge is 2.48. The Kier molecular flexibility index (Phi) is 9.08. The zero-order valence-corrected chi connectivity index (χ0v) is 23.6. The molecule has 2 atom stereocenters. The number of nitrogens with one attached hydrogen (secondary N) is 3. The van der Waals surface area contributed by atoms with E-state index in [1.54, 1.807) is 17.7 Å². The van der Waals surface area contributed by atoms with Crippen LogP contribution < -0.4 is 16.0 Å². The number of amides is 3. The van der Waals surface area contributed by atoms with Crippen LogP contribution in [0.3, 0.4) is 0 Å². The third-order valence-electron chi connectivity index (χ3n) is 7.87. The molecule has 3 N–H and O–H groups in total. The van der Waals surface area contributed by atoms with Crippen LogP contribution in [0.25, 0.3) is 0 Å². The number of nitrogens with zero attached hydrogens (tertiary/aromatic N) is 2. The van der Waals surface area contributed by atoms with Gasteiger partial charge in [-0.3, -0.25) is 19.1 Å². The van der Waals surface area contributed by atoms with Gasteiger partial charge >= 0.3 is 6.18 Å². The van der Waals surface area contributed by atoms with Gasteiger partial charge < -0.3 is 16.0 Å². The molecule has 2 aromatic rings. The smallest absolute Gasteiger partial charge is 0.346 e. The van der Waals surface area contributed by atoms with E-state index in [9.17, 15) is 27.6 Å². The number of rotatable bonds is 12. The average molecular weight is 580 g/mol. The van der Waals surface area contributed by atoms with Crippen molar-refractivity contribution in [2.24, 2.45) is 17.8 Å². The van der Waals surface area contributed by atoms with Gasteiger partial charge in [0.05, 0.1) is 11.6 Å². The molecule has 1 heterocycles. The van der Waals surface area contributed by atoms with E-state index < -0.39 is 48.2 Å². The minimum atomic E-state index is -4.57. The molecule has 0 unspecified atom stereocenters. The lowest BCUT2D eigenvalue weighted by atomic mass is 9.88. The molecule has 1 aromatic heterocycles. The standard InChI is InChI=1S/C29H37F4N5O3/c1-5-17-12-22(21(30)13-20(17)16(4)26(39)34-14-29(31,32)33)36-28(41)25(24(18-6-7-18)19-8-9-19)37-27(40)23-10-11-35-38(23)15(2)3/h10-13,15-16,18-19,24-25H,5-9,14H2,1-4H3,(H,34,39)(H,36,41)(H,37,40)/t16-,25-/m0/s1. The fraction of sp³-hybridized carbons (Fsp3) is 0.586. The number of hydrogen-bond donors (Lipinski definition) is 3. The van der Waals surface area contributed by atoms with E-state index >= 15 is 4.39 Å². The quantitative estimate of drug-likeness (QED) is 0.304. The van der Waals surface area contributed by atoms with Crippen LogP contribution in [-0.2, 0) is 16.0 Å². The van der Waals surface area contributed by atoms with Crippen LogP contribution in [-0.4, -0.2) is 46.3 Å². The van der Waals surface area contributed by atoms with Crippen molar-refractivity contribution >= 4 is 23.4 Å². The van der Waals surface area contributed by atoms with Gasteiger partial charge in [0.1, 0.15) is 24.1 Å². The molecule has 2 saturated carbocycles. The van der Waals surface area contributed by atoms with Crippen LogP contribution in [0.4, 0.5) is 23.2 Å². The first-order valence-electron chi connectivity index (χ1n) is 14.1. The van der Waals surface area contributed by atoms with Crippen molar-refractivity contribution in [3.63, 3.8) is 0 Å². The fourth-order valence-electron chi connectivity index (χ4n) is 5.48. The highest BCUT2D eigenvalue weighted by Crippen LogP contribution is 2.51. The van der Waals surface area contributed by atoms with Crippen LogP contribution in [0.2, 0.25) is 0 Å². The number of benzene rings is 1. The molecule has 0 radical (unpaired) electrons. The van der Waals surface area contributed by atoms with Crippen LogP contribution in [0, 0.1) is 23.6 Å². The third-order valence-corrected chi connectivity index (χ3v) is 7.87. The number of hydrogen-bond acceptors (Lipinski definition) is 4. The molecule has 0 saturated heterocycles. The molecular weight excluding hydrogens is 542 g/mol. The van der Waals surface area contributed by atoms with Crippen molar-refractivity contribution in [3.05, 3.63) is 47.0 Å². The second-order valence-electron chi connectivity index (χ2n) is 11.4. The second-order valence-corrected chi connectivity index (χ2v) is 11.4. The van der Waals surface area contributed by atoms with Gasteiger partial charge in [0.2, 0.25) is 11.8 Å². The Morgan fingerprint density at radius 1 is 1.05 bits per heavy atom. The van der Waals surface area contributed by atoms with Crippen LogP contribution in [0.15, 0.2) is 24.4 Å². The Bertz CT molecular complexity index is 1270. The topological polar surface area (TPSA) is 105 Å². The van der Waals surface area contributed by atoms with Crippen molar-refractivity contribution in [1.29, 1.82) is 0 Å². The van der Waals surface area contributed by atoms with Gasteiger partial charge in [-0.05, 0) is 100.0 Å². The lowest BCUT2D eigenvalue weighted by Crippen LogP contribution is -2.50. The molecule has 12 heteroatoms. The molecule has 3 amide bonds. The van der Waals surface area contributed by atoms with Gasteiger partial charge in [0.15, 0.2) is 0 Å². The normalized spacial score (nSPS) is 16.9. The molecule has 1 aromatic carbocycles. The summed E-state index contributed by atoms with van der Waals surface area (Å²) in [5.74, 6) is -3.22. The third kappa shape index (κ3) is 7.45. The Morgan fingerprint density at radius 3 is 2.22 bits per heavy atom. The molecule has 41 heavy (non-hydrogen) atoms. The summed E-state index contributed by atoms with van der Waals surface area (Å²) in [6, 6.07) is 3.12. The van der Waals surface area contributed by atoms with E-state index in [2.05, 4.69) is 15.7 Å². The number of carbonyl (C=O) groups excluding carboxylic acids is 3. The maximum atomic E-state index is 15.3. The van der Waals surface area contributed by atoms with E-state index in [-0.39, 0.29) is 23.2 Å². The summed E-state index contributed by atoms with van der Waals surface area (Å²) in [7, 11) is 0. The van der Waals surface area contributed by atoms with Gasteiger partial charge in [-0.15, -0.1) is 0 Å². The number of aromatic nitrogens is 2. The first kappa shape index (κ1) is 30.5. The monoisotopic (exact) mass is 579 g/mol. The van der Waals surface area contributed by atoms with Crippen molar-refractivity contribution in [3.8, 4) is 0 Å². The number of aryl methyl sites for hydroxylation is 1. The van der Waals surface area contributed by atoms with E-state index in [4.69, 9.17) is 0 Å². The van der Waals surface area contributed by atoms with Crippen LogP contribution in [0.5, 0.6) is 0 Å². The summed E-state index contributed by atoms with van der Waals surface area (Å²) in [6.45, 7) is 5.47. The summed E-state index contributed by atoms with van der Waals surface area (Å²) < 4.78 is 54.6. The van der Waals surface area contributed by atoms with Crippen molar-refractivity contribution < 1.29 is 31.9 Å². The summed E-state index contributed by atoms with van der Waals surface area (Å²) in [5, 5.41) is 11.6. The predicted molar refractivity (Wildman–Crippen MR) is 145 cm³/mol. The number of alkyl halides is 3. The fourth-order valence-corrected chi connectivity index (χ4v) is 5.48. The molecule has 0 spiro atoms. The largest absolute Gasteiger partial charge is 0.405 e. The zero-order valence-electron chi connectivity index (χ0n) is 23.6. The molecule has 2 aliphatic carbocycles. The lowest BCUT2D eigenvalue weighted by Gasteiger charge is -2.28. The Balaban J connectivity index is 1.57. The maximum Gasteiger partial charge on any atom is 0.405 e. The summed E-state index contributed by atoms with van der Waals surface area (Å²) in [4.78, 5) is 39.4. The molecule has 224 valence electrons. The van der Waals surface area contributed by atoms with E-state index in [0.717, 1.165) is 31.7 Å². The maximum absolute atomic E-state index is 15.3. The summed E-state index contributed by atoms with van der Waals surface area (Å²) >= 11 is 0. The molecule has 4 rings (SSSR count). The van der Waals surface area contributed by atoms with Gasteiger partial charge in [0, 0.05) is 12.2 Å². The van der Waals surface area contributed by atoms with Crippen molar-refractivity contribution in [2.45, 2.75) is 84.0 Å². The first-order chi connectivity index (χ1) is 19.3. The Labute approximate surface area is 236 Å². The molecular formula is C29H37F4N5O3. The second kappa shape index (κ2) is 12.2. The molecule has 2 aliphatic rings. The Morgan fingerprint density at radius 2 is 1.68 bits per heavy atom. The lowest BCUT2D eigenvalue weighted by molar-refractivity contribution is -0.139.